The Hall–Kier alpha value is -1.73. The van der Waals surface area contributed by atoms with E-state index in [0.717, 1.165) is 43.2 Å². The molecule has 7 heteroatoms. The summed E-state index contributed by atoms with van der Waals surface area (Å²) in [5, 5.41) is 18.8. The second-order valence-corrected chi connectivity index (χ2v) is 10.6. The first-order chi connectivity index (χ1) is 14.9. The molecular weight excluding hydrogens is 392 g/mol. The summed E-state index contributed by atoms with van der Waals surface area (Å²) in [5.74, 6) is 3.26. The largest absolute Gasteiger partial charge is 0.395 e. The van der Waals surface area contributed by atoms with Crippen LogP contribution >= 0.6 is 0 Å². The number of hydrogen-bond donors (Lipinski definition) is 2. The number of oxime groups is 1. The van der Waals surface area contributed by atoms with Gasteiger partial charge in [-0.2, -0.15) is 4.98 Å². The van der Waals surface area contributed by atoms with Gasteiger partial charge in [0, 0.05) is 0 Å². The number of nitrogens with zero attached hydrogens (tertiary/aromatic N) is 3. The van der Waals surface area contributed by atoms with Crippen molar-refractivity contribution in [3.05, 3.63) is 23.4 Å². The molecule has 3 saturated carbocycles. The van der Waals surface area contributed by atoms with Gasteiger partial charge in [-0.25, -0.2) is 0 Å². The maximum Gasteiger partial charge on any atom is 0.230 e. The van der Waals surface area contributed by atoms with Crippen LogP contribution < -0.4 is 5.73 Å². The van der Waals surface area contributed by atoms with E-state index in [4.69, 9.17) is 15.1 Å². The second kappa shape index (κ2) is 8.00. The van der Waals surface area contributed by atoms with Gasteiger partial charge in [0.2, 0.25) is 5.89 Å². The molecule has 31 heavy (non-hydrogen) atoms. The zero-order valence-electron chi connectivity index (χ0n) is 18.8. The van der Waals surface area contributed by atoms with E-state index in [-0.39, 0.29) is 23.5 Å². The molecular formula is C24H36N4O3. The summed E-state index contributed by atoms with van der Waals surface area (Å²) in [6, 6.07) is 0. The number of rotatable bonds is 5. The molecule has 1 aromatic rings. The summed E-state index contributed by atoms with van der Waals surface area (Å²) in [6.45, 7) is 5.55. The van der Waals surface area contributed by atoms with Crippen molar-refractivity contribution < 1.29 is 14.5 Å². The Bertz CT molecular complexity index is 880. The molecule has 6 atom stereocenters. The van der Waals surface area contributed by atoms with Crippen molar-refractivity contribution in [2.75, 3.05) is 6.61 Å². The molecule has 0 spiro atoms. The van der Waals surface area contributed by atoms with Crippen LogP contribution in [-0.2, 0) is 17.8 Å². The summed E-state index contributed by atoms with van der Waals surface area (Å²) < 4.78 is 5.13. The third-order valence-electron chi connectivity index (χ3n) is 9.21. The van der Waals surface area contributed by atoms with Crippen LogP contribution in [0.4, 0.5) is 0 Å². The average molecular weight is 429 g/mol. The number of aromatic nitrogens is 2. The lowest BCUT2D eigenvalue weighted by molar-refractivity contribution is -0.0722. The summed E-state index contributed by atoms with van der Waals surface area (Å²) >= 11 is 0. The molecule has 4 aliphatic rings. The van der Waals surface area contributed by atoms with Crippen molar-refractivity contribution in [1.29, 1.82) is 0 Å². The highest BCUT2D eigenvalue weighted by molar-refractivity contribution is 5.96. The summed E-state index contributed by atoms with van der Waals surface area (Å²) in [5.41, 5.74) is 8.55. The number of hydrogen-bond acceptors (Lipinski definition) is 7. The molecule has 4 aliphatic carbocycles. The second-order valence-electron chi connectivity index (χ2n) is 10.6. The van der Waals surface area contributed by atoms with Gasteiger partial charge in [-0.15, -0.1) is 0 Å². The minimum Gasteiger partial charge on any atom is -0.395 e. The van der Waals surface area contributed by atoms with E-state index in [0.29, 0.717) is 30.7 Å². The van der Waals surface area contributed by atoms with E-state index in [1.165, 1.54) is 25.7 Å². The van der Waals surface area contributed by atoms with Crippen molar-refractivity contribution in [3.63, 3.8) is 0 Å². The van der Waals surface area contributed by atoms with Gasteiger partial charge in [0.1, 0.15) is 6.61 Å². The maximum atomic E-state index is 10.6. The molecule has 1 heterocycles. The first-order valence-corrected chi connectivity index (χ1v) is 12.0. The van der Waals surface area contributed by atoms with Gasteiger partial charge >= 0.3 is 0 Å². The van der Waals surface area contributed by atoms with E-state index >= 15 is 0 Å². The van der Waals surface area contributed by atoms with Crippen molar-refractivity contribution in [2.24, 2.45) is 39.5 Å². The van der Waals surface area contributed by atoms with Crippen LogP contribution in [0.25, 0.3) is 0 Å². The molecule has 170 valence electrons. The maximum absolute atomic E-state index is 10.6. The number of aliphatic hydroxyl groups is 1. The molecule has 5 rings (SSSR count). The lowest BCUT2D eigenvalue weighted by Crippen LogP contribution is -2.51. The highest BCUT2D eigenvalue weighted by Gasteiger charge is 2.58. The Morgan fingerprint density at radius 2 is 2.06 bits per heavy atom. The van der Waals surface area contributed by atoms with Crippen molar-refractivity contribution in [1.82, 2.24) is 10.1 Å². The smallest absolute Gasteiger partial charge is 0.230 e. The number of allylic oxidation sites excluding steroid dienone is 2. The van der Waals surface area contributed by atoms with Gasteiger partial charge in [0.25, 0.3) is 0 Å². The zero-order valence-corrected chi connectivity index (χ0v) is 18.8. The lowest BCUT2D eigenvalue weighted by atomic mass is 9.47. The van der Waals surface area contributed by atoms with Crippen LogP contribution in [-0.4, -0.2) is 33.7 Å². The Morgan fingerprint density at radius 1 is 1.19 bits per heavy atom. The fraction of sp³-hybridized carbons (Fsp3) is 0.792. The molecule has 0 saturated heterocycles. The molecule has 0 amide bonds. The quantitative estimate of drug-likeness (QED) is 0.546. The van der Waals surface area contributed by atoms with Gasteiger partial charge in [-0.05, 0) is 86.0 Å². The third kappa shape index (κ3) is 3.54. The molecule has 0 bridgehead atoms. The monoisotopic (exact) mass is 428 g/mol. The Balaban J connectivity index is 1.24. The average Bonchev–Trinajstić information content (AvgIpc) is 3.35. The molecule has 0 radical (unpaired) electrons. The minimum atomic E-state index is -0.0977. The normalized spacial score (nSPS) is 40.8. The van der Waals surface area contributed by atoms with E-state index in [1.54, 1.807) is 5.57 Å². The van der Waals surface area contributed by atoms with Crippen LogP contribution in [0, 0.1) is 28.6 Å². The van der Waals surface area contributed by atoms with Gasteiger partial charge in [0.05, 0.1) is 24.8 Å². The summed E-state index contributed by atoms with van der Waals surface area (Å²) in [7, 11) is 0. The topological polar surface area (TPSA) is 107 Å². The summed E-state index contributed by atoms with van der Waals surface area (Å²) in [4.78, 5) is 9.77. The fourth-order valence-corrected chi connectivity index (χ4v) is 7.35. The molecule has 3 N–H and O–H groups in total. The molecule has 5 unspecified atom stereocenters. The third-order valence-corrected chi connectivity index (χ3v) is 9.21. The van der Waals surface area contributed by atoms with E-state index < -0.39 is 0 Å². The zero-order chi connectivity index (χ0) is 21.6. The van der Waals surface area contributed by atoms with Gasteiger partial charge in [-0.3, -0.25) is 0 Å². The highest BCUT2D eigenvalue weighted by Crippen LogP contribution is 2.65. The molecule has 7 nitrogen and oxygen atoms in total. The minimum absolute atomic E-state index is 0.0977. The Kier molecular flexibility index (Phi) is 5.45. The fourth-order valence-electron chi connectivity index (χ4n) is 7.35. The number of nitrogens with two attached hydrogens (primary N) is 1. The van der Waals surface area contributed by atoms with Crippen molar-refractivity contribution in [3.8, 4) is 0 Å². The van der Waals surface area contributed by atoms with Crippen LogP contribution in [0.1, 0.15) is 76.9 Å². The molecule has 1 aromatic heterocycles. The van der Waals surface area contributed by atoms with E-state index in [9.17, 15) is 5.11 Å². The van der Waals surface area contributed by atoms with Gasteiger partial charge < -0.3 is 20.2 Å². The summed E-state index contributed by atoms with van der Waals surface area (Å²) in [6.07, 6.45) is 11.9. The van der Waals surface area contributed by atoms with Crippen LogP contribution in [0.2, 0.25) is 0 Å². The SMILES string of the molecule is CC12CC[C@@H]3C(CCC4=CC(=NOCCc5nc(CN)no5)CCC43C)C1CCC2O. The predicted octanol–water partition coefficient (Wildman–Crippen LogP) is 3.77. The first kappa shape index (κ1) is 21.1. The standard InChI is InChI=1S/C24H36N4O3/c1-23-10-7-16(27-30-12-9-22-26-21(14-25)28-31-22)13-15(23)3-4-17-18-5-6-20(29)24(18,2)11-8-19(17)23/h13,17-20,29H,3-12,14,25H2,1-2H3/t17?,18?,19-,20?,23?,24?/m1/s1. The van der Waals surface area contributed by atoms with Crippen LogP contribution in [0.5, 0.6) is 0 Å². The highest BCUT2D eigenvalue weighted by atomic mass is 16.6. The van der Waals surface area contributed by atoms with E-state index in [1.807, 2.05) is 0 Å². The van der Waals surface area contributed by atoms with Crippen LogP contribution in [0.15, 0.2) is 21.3 Å². The van der Waals surface area contributed by atoms with Gasteiger partial charge in [-0.1, -0.05) is 29.7 Å². The van der Waals surface area contributed by atoms with Crippen molar-refractivity contribution in [2.45, 2.75) is 84.3 Å². The lowest BCUT2D eigenvalue weighted by Gasteiger charge is -2.57. The molecule has 0 aromatic carbocycles. The first-order valence-electron chi connectivity index (χ1n) is 12.0. The van der Waals surface area contributed by atoms with Crippen LogP contribution in [0.3, 0.4) is 0 Å². The van der Waals surface area contributed by atoms with E-state index in [2.05, 4.69) is 35.2 Å². The van der Waals surface area contributed by atoms with Gasteiger partial charge in [0.15, 0.2) is 5.82 Å². The molecule has 0 aliphatic heterocycles. The number of aliphatic hydroxyl groups excluding tert-OH is 1. The molecule has 3 fully saturated rings. The predicted molar refractivity (Wildman–Crippen MR) is 117 cm³/mol. The Labute approximate surface area is 184 Å². The van der Waals surface area contributed by atoms with Crippen molar-refractivity contribution >= 4 is 5.71 Å². The number of fused-ring (bicyclic) bond motifs is 5. The Morgan fingerprint density at radius 3 is 2.87 bits per heavy atom.